The van der Waals surface area contributed by atoms with Gasteiger partial charge in [0.2, 0.25) is 11.8 Å². The van der Waals surface area contributed by atoms with Gasteiger partial charge in [0, 0.05) is 32.7 Å². The summed E-state index contributed by atoms with van der Waals surface area (Å²) in [6.45, 7) is 8.47. The molecular weight excluding hydrogens is 270 g/mol. The zero-order chi connectivity index (χ0) is 15.7. The molecule has 1 atom stereocenters. The number of nitrogens with zero attached hydrogens (tertiary/aromatic N) is 2. The molecule has 0 saturated carbocycles. The molecule has 2 N–H and O–H groups in total. The third-order valence-electron chi connectivity index (χ3n) is 3.70. The molecule has 0 spiro atoms. The maximum Gasteiger partial charge on any atom is 0.240 e. The lowest BCUT2D eigenvalue weighted by atomic mass is 10.1. The summed E-state index contributed by atoms with van der Waals surface area (Å²) in [5, 5.41) is 12.1. The van der Waals surface area contributed by atoms with E-state index in [1.54, 1.807) is 4.90 Å². The molecule has 120 valence electrons. The standard InChI is InChI=1S/C15H27N3O3/c1-3-5-6-8-18-9-7-16-13(15(18)21)12-14(20)17(4-2)10-11-19/h3,13,16,19H,1,4-12H2,2H3. The van der Waals surface area contributed by atoms with Crippen LogP contribution in [0.3, 0.4) is 0 Å². The number of hydrogen-bond donors (Lipinski definition) is 2. The van der Waals surface area contributed by atoms with Gasteiger partial charge < -0.3 is 20.2 Å². The molecule has 1 aliphatic heterocycles. The van der Waals surface area contributed by atoms with Crippen molar-refractivity contribution in [2.45, 2.75) is 32.2 Å². The smallest absolute Gasteiger partial charge is 0.240 e. The van der Waals surface area contributed by atoms with Crippen molar-refractivity contribution in [1.82, 2.24) is 15.1 Å². The normalized spacial score (nSPS) is 18.7. The van der Waals surface area contributed by atoms with E-state index in [1.807, 2.05) is 17.9 Å². The molecule has 1 fully saturated rings. The summed E-state index contributed by atoms with van der Waals surface area (Å²) in [4.78, 5) is 27.9. The molecule has 0 bridgehead atoms. The van der Waals surface area contributed by atoms with Gasteiger partial charge in [0.15, 0.2) is 0 Å². The van der Waals surface area contributed by atoms with Crippen LogP contribution in [0, 0.1) is 0 Å². The van der Waals surface area contributed by atoms with Gasteiger partial charge in [-0.2, -0.15) is 0 Å². The maximum absolute atomic E-state index is 12.3. The Labute approximate surface area is 126 Å². The zero-order valence-electron chi connectivity index (χ0n) is 12.9. The number of rotatable bonds is 9. The van der Waals surface area contributed by atoms with Gasteiger partial charge in [0.05, 0.1) is 19.1 Å². The van der Waals surface area contributed by atoms with Crippen molar-refractivity contribution in [3.63, 3.8) is 0 Å². The number of likely N-dealkylation sites (N-methyl/N-ethyl adjacent to an activating group) is 1. The number of amides is 2. The number of hydrogen-bond acceptors (Lipinski definition) is 4. The first-order chi connectivity index (χ1) is 10.1. The zero-order valence-corrected chi connectivity index (χ0v) is 12.9. The molecule has 1 heterocycles. The lowest BCUT2D eigenvalue weighted by Crippen LogP contribution is -2.56. The van der Waals surface area contributed by atoms with Crippen LogP contribution in [0.2, 0.25) is 0 Å². The molecular formula is C15H27N3O3. The van der Waals surface area contributed by atoms with Crippen LogP contribution in [0.4, 0.5) is 0 Å². The molecule has 0 radical (unpaired) electrons. The molecule has 21 heavy (non-hydrogen) atoms. The molecule has 0 aromatic carbocycles. The molecule has 0 aromatic rings. The Bertz CT molecular complexity index is 360. The molecule has 1 unspecified atom stereocenters. The highest BCUT2D eigenvalue weighted by molar-refractivity contribution is 5.89. The van der Waals surface area contributed by atoms with Gasteiger partial charge in [-0.1, -0.05) is 6.08 Å². The van der Waals surface area contributed by atoms with Crippen LogP contribution in [0.1, 0.15) is 26.2 Å². The Kier molecular flexibility index (Phi) is 8.00. The fraction of sp³-hybridized carbons (Fsp3) is 0.733. The van der Waals surface area contributed by atoms with E-state index in [2.05, 4.69) is 11.9 Å². The van der Waals surface area contributed by atoms with Crippen LogP contribution in [-0.2, 0) is 9.59 Å². The van der Waals surface area contributed by atoms with E-state index in [0.717, 1.165) is 12.8 Å². The summed E-state index contributed by atoms with van der Waals surface area (Å²) in [6, 6.07) is -0.442. The van der Waals surface area contributed by atoms with Gasteiger partial charge in [-0.15, -0.1) is 6.58 Å². The number of piperazine rings is 1. The SMILES string of the molecule is C=CCCCN1CCNC(CC(=O)N(CC)CCO)C1=O. The fourth-order valence-corrected chi connectivity index (χ4v) is 2.48. The number of carbonyl (C=O) groups is 2. The van der Waals surface area contributed by atoms with Crippen molar-refractivity contribution in [2.75, 3.05) is 39.3 Å². The van der Waals surface area contributed by atoms with Gasteiger partial charge in [0.25, 0.3) is 0 Å². The van der Waals surface area contributed by atoms with Crippen molar-refractivity contribution in [3.8, 4) is 0 Å². The largest absolute Gasteiger partial charge is 0.395 e. The first-order valence-corrected chi connectivity index (χ1v) is 7.65. The van der Waals surface area contributed by atoms with Crippen LogP contribution in [0.5, 0.6) is 0 Å². The Morgan fingerprint density at radius 3 is 3.00 bits per heavy atom. The number of carbonyl (C=O) groups excluding carboxylic acids is 2. The molecule has 1 aliphatic rings. The quantitative estimate of drug-likeness (QED) is 0.463. The summed E-state index contributed by atoms with van der Waals surface area (Å²) in [5.41, 5.74) is 0. The van der Waals surface area contributed by atoms with E-state index in [9.17, 15) is 9.59 Å². The Morgan fingerprint density at radius 1 is 1.62 bits per heavy atom. The predicted molar refractivity (Wildman–Crippen MR) is 81.8 cm³/mol. The van der Waals surface area contributed by atoms with Crippen LogP contribution in [0.15, 0.2) is 12.7 Å². The first kappa shape index (κ1) is 17.7. The summed E-state index contributed by atoms with van der Waals surface area (Å²) < 4.78 is 0. The minimum absolute atomic E-state index is 0.00119. The first-order valence-electron chi connectivity index (χ1n) is 7.65. The summed E-state index contributed by atoms with van der Waals surface area (Å²) in [6.07, 6.45) is 3.80. The molecule has 0 aliphatic carbocycles. The van der Waals surface area contributed by atoms with Gasteiger partial charge in [0.1, 0.15) is 0 Å². The van der Waals surface area contributed by atoms with Gasteiger partial charge in [-0.05, 0) is 19.8 Å². The van der Waals surface area contributed by atoms with Crippen LogP contribution < -0.4 is 5.32 Å². The second kappa shape index (κ2) is 9.52. The lowest BCUT2D eigenvalue weighted by molar-refractivity contribution is -0.141. The summed E-state index contributed by atoms with van der Waals surface area (Å²) >= 11 is 0. The second-order valence-electron chi connectivity index (χ2n) is 5.16. The predicted octanol–water partition coefficient (Wildman–Crippen LogP) is -0.0161. The molecule has 0 aromatic heterocycles. The van der Waals surface area contributed by atoms with E-state index >= 15 is 0 Å². The second-order valence-corrected chi connectivity index (χ2v) is 5.16. The average molecular weight is 297 g/mol. The van der Waals surface area contributed by atoms with E-state index in [-0.39, 0.29) is 24.8 Å². The Balaban J connectivity index is 2.51. The van der Waals surface area contributed by atoms with Crippen molar-refractivity contribution >= 4 is 11.8 Å². The van der Waals surface area contributed by atoms with Crippen molar-refractivity contribution < 1.29 is 14.7 Å². The van der Waals surface area contributed by atoms with Crippen molar-refractivity contribution in [1.29, 1.82) is 0 Å². The molecule has 2 amide bonds. The molecule has 6 nitrogen and oxygen atoms in total. The highest BCUT2D eigenvalue weighted by Crippen LogP contribution is 2.09. The third kappa shape index (κ3) is 5.47. The number of unbranched alkanes of at least 4 members (excludes halogenated alkanes) is 1. The van der Waals surface area contributed by atoms with Crippen LogP contribution >= 0.6 is 0 Å². The minimum Gasteiger partial charge on any atom is -0.395 e. The van der Waals surface area contributed by atoms with Gasteiger partial charge in [-0.25, -0.2) is 0 Å². The number of nitrogens with one attached hydrogen (secondary N) is 1. The summed E-state index contributed by atoms with van der Waals surface area (Å²) in [5.74, 6) is -0.0935. The molecule has 1 saturated heterocycles. The van der Waals surface area contributed by atoms with Gasteiger partial charge >= 0.3 is 0 Å². The highest BCUT2D eigenvalue weighted by atomic mass is 16.3. The van der Waals surface area contributed by atoms with Crippen molar-refractivity contribution in [3.05, 3.63) is 12.7 Å². The monoisotopic (exact) mass is 297 g/mol. The Morgan fingerprint density at radius 2 is 2.38 bits per heavy atom. The van der Waals surface area contributed by atoms with Crippen LogP contribution in [-0.4, -0.2) is 72.1 Å². The van der Waals surface area contributed by atoms with E-state index < -0.39 is 6.04 Å². The summed E-state index contributed by atoms with van der Waals surface area (Å²) in [7, 11) is 0. The Hall–Kier alpha value is -1.40. The topological polar surface area (TPSA) is 72.9 Å². The number of allylic oxidation sites excluding steroid dienone is 1. The maximum atomic E-state index is 12.3. The van der Waals surface area contributed by atoms with E-state index in [1.165, 1.54) is 0 Å². The van der Waals surface area contributed by atoms with E-state index in [0.29, 0.717) is 32.7 Å². The minimum atomic E-state index is -0.442. The molecule has 6 heteroatoms. The van der Waals surface area contributed by atoms with E-state index in [4.69, 9.17) is 5.11 Å². The lowest BCUT2D eigenvalue weighted by Gasteiger charge is -2.33. The van der Waals surface area contributed by atoms with Crippen molar-refractivity contribution in [2.24, 2.45) is 0 Å². The average Bonchev–Trinajstić information content (AvgIpc) is 2.48. The third-order valence-corrected chi connectivity index (χ3v) is 3.70. The number of aliphatic hydroxyl groups excluding tert-OH is 1. The number of aliphatic hydroxyl groups is 1. The van der Waals surface area contributed by atoms with Crippen LogP contribution in [0.25, 0.3) is 0 Å². The molecule has 1 rings (SSSR count). The highest BCUT2D eigenvalue weighted by Gasteiger charge is 2.30. The van der Waals surface area contributed by atoms with Gasteiger partial charge in [-0.3, -0.25) is 9.59 Å². The fourth-order valence-electron chi connectivity index (χ4n) is 2.48.